The van der Waals surface area contributed by atoms with Crippen LogP contribution < -0.4 is 5.32 Å². The van der Waals surface area contributed by atoms with E-state index >= 15 is 0 Å². The van der Waals surface area contributed by atoms with Gasteiger partial charge in [0, 0.05) is 31.0 Å². The van der Waals surface area contributed by atoms with Crippen molar-refractivity contribution < 1.29 is 9.90 Å². The van der Waals surface area contributed by atoms with Crippen molar-refractivity contribution >= 4 is 16.9 Å². The van der Waals surface area contributed by atoms with Crippen LogP contribution in [0, 0.1) is 0 Å². The van der Waals surface area contributed by atoms with Crippen molar-refractivity contribution in [3.63, 3.8) is 0 Å². The fourth-order valence-corrected chi connectivity index (χ4v) is 4.02. The Hall–Kier alpha value is -2.73. The zero-order chi connectivity index (χ0) is 19.5. The number of carbonyl (C=O) groups excluding carboxylic acids is 1. The van der Waals surface area contributed by atoms with Crippen molar-refractivity contribution in [1.82, 2.24) is 19.9 Å². The van der Waals surface area contributed by atoms with Crippen LogP contribution in [-0.2, 0) is 24.7 Å². The van der Waals surface area contributed by atoms with Crippen LogP contribution in [0.3, 0.4) is 0 Å². The number of aryl methyl sites for hydroxylation is 1. The molecule has 3 aromatic rings. The number of nitrogens with one attached hydrogen (secondary N) is 1. The second kappa shape index (κ2) is 8.10. The van der Waals surface area contributed by atoms with Crippen molar-refractivity contribution in [3.8, 4) is 0 Å². The Bertz CT molecular complexity index is 967. The molecule has 6 heteroatoms. The molecule has 0 aliphatic heterocycles. The minimum absolute atomic E-state index is 0.0839. The maximum atomic E-state index is 12.6. The summed E-state index contributed by atoms with van der Waals surface area (Å²) in [4.78, 5) is 21.5. The summed E-state index contributed by atoms with van der Waals surface area (Å²) in [6, 6.07) is 7.93. The molecule has 3 aromatic heterocycles. The van der Waals surface area contributed by atoms with Crippen molar-refractivity contribution in [2.45, 2.75) is 50.7 Å². The van der Waals surface area contributed by atoms with Gasteiger partial charge in [-0.25, -0.2) is 4.98 Å². The second-order valence-electron chi connectivity index (χ2n) is 7.68. The average Bonchev–Trinajstić information content (AvgIpc) is 3.06. The van der Waals surface area contributed by atoms with E-state index in [0.29, 0.717) is 0 Å². The summed E-state index contributed by atoms with van der Waals surface area (Å²) in [7, 11) is 1.96. The first-order chi connectivity index (χ1) is 13.6. The van der Waals surface area contributed by atoms with Gasteiger partial charge in [-0.1, -0.05) is 18.9 Å². The average molecular weight is 378 g/mol. The molecular formula is C22H26N4O2. The van der Waals surface area contributed by atoms with Gasteiger partial charge in [0.1, 0.15) is 5.65 Å². The Labute approximate surface area is 164 Å². The molecule has 146 valence electrons. The quantitative estimate of drug-likeness (QED) is 0.715. The number of hydrogen-bond donors (Lipinski definition) is 2. The molecule has 2 atom stereocenters. The molecule has 1 aliphatic rings. The molecule has 1 saturated carbocycles. The first kappa shape index (κ1) is 18.6. The first-order valence-corrected chi connectivity index (χ1v) is 9.90. The Morgan fingerprint density at radius 3 is 2.96 bits per heavy atom. The second-order valence-corrected chi connectivity index (χ2v) is 7.68. The van der Waals surface area contributed by atoms with Crippen molar-refractivity contribution in [3.05, 3.63) is 59.7 Å². The molecule has 0 radical (unpaired) electrons. The predicted molar refractivity (Wildman–Crippen MR) is 108 cm³/mol. The predicted octanol–water partition coefficient (Wildman–Crippen LogP) is 2.52. The van der Waals surface area contributed by atoms with Crippen molar-refractivity contribution in [1.29, 1.82) is 0 Å². The molecule has 0 saturated heterocycles. The van der Waals surface area contributed by atoms with Gasteiger partial charge < -0.3 is 15.0 Å². The van der Waals surface area contributed by atoms with E-state index in [-0.39, 0.29) is 18.4 Å². The van der Waals surface area contributed by atoms with E-state index < -0.39 is 6.10 Å². The maximum absolute atomic E-state index is 12.6. The lowest BCUT2D eigenvalue weighted by atomic mass is 9.92. The highest BCUT2D eigenvalue weighted by atomic mass is 16.3. The molecule has 0 aromatic carbocycles. The summed E-state index contributed by atoms with van der Waals surface area (Å²) in [6.45, 7) is 0. The fraction of sp³-hybridized carbons (Fsp3) is 0.409. The standard InChI is InChI=1S/C22H26N4O2/c1-26-10-8-18-16(11-15-5-4-9-23-14-15)12-17(24-22(18)26)13-21(28)25-19-6-2-3-7-20(19)27/h4-5,8-10,12,14,19-20,27H,2-3,6-7,11,13H2,1H3,(H,25,28)/t19-,20-/m0/s1. The molecule has 0 unspecified atom stereocenters. The number of aromatic nitrogens is 3. The van der Waals surface area contributed by atoms with Crippen LogP contribution in [0.4, 0.5) is 0 Å². The Balaban J connectivity index is 1.56. The number of fused-ring (bicyclic) bond motifs is 1. The number of nitrogens with zero attached hydrogens (tertiary/aromatic N) is 3. The third kappa shape index (κ3) is 4.07. The molecule has 3 heterocycles. The number of hydrogen-bond acceptors (Lipinski definition) is 4. The fourth-order valence-electron chi connectivity index (χ4n) is 4.02. The highest BCUT2D eigenvalue weighted by molar-refractivity contribution is 5.83. The highest BCUT2D eigenvalue weighted by Crippen LogP contribution is 2.23. The SMILES string of the molecule is Cn1ccc2c(Cc3cccnc3)cc(CC(=O)N[C@H]3CCCC[C@@H]3O)nc21. The van der Waals surface area contributed by atoms with Crippen LogP contribution in [0.15, 0.2) is 42.9 Å². The van der Waals surface area contributed by atoms with Gasteiger partial charge in [0.05, 0.1) is 24.3 Å². The molecular weight excluding hydrogens is 352 g/mol. The van der Waals surface area contributed by atoms with E-state index in [1.54, 1.807) is 6.20 Å². The van der Waals surface area contributed by atoms with E-state index in [0.717, 1.165) is 60.0 Å². The summed E-state index contributed by atoms with van der Waals surface area (Å²) in [5.74, 6) is -0.0839. The number of aliphatic hydroxyl groups is 1. The lowest BCUT2D eigenvalue weighted by Gasteiger charge is -2.28. The molecule has 0 bridgehead atoms. The molecule has 28 heavy (non-hydrogen) atoms. The van der Waals surface area contributed by atoms with E-state index in [1.807, 2.05) is 36.1 Å². The highest BCUT2D eigenvalue weighted by Gasteiger charge is 2.24. The van der Waals surface area contributed by atoms with Gasteiger partial charge >= 0.3 is 0 Å². The zero-order valence-corrected chi connectivity index (χ0v) is 16.1. The van der Waals surface area contributed by atoms with Crippen LogP contribution >= 0.6 is 0 Å². The maximum Gasteiger partial charge on any atom is 0.226 e. The normalized spacial score (nSPS) is 19.6. The number of pyridine rings is 2. The van der Waals surface area contributed by atoms with Gasteiger partial charge in [-0.15, -0.1) is 0 Å². The molecule has 1 fully saturated rings. The van der Waals surface area contributed by atoms with Gasteiger partial charge in [0.25, 0.3) is 0 Å². The number of rotatable bonds is 5. The van der Waals surface area contributed by atoms with Crippen molar-refractivity contribution in [2.24, 2.45) is 7.05 Å². The van der Waals surface area contributed by atoms with E-state index in [1.165, 1.54) is 0 Å². The van der Waals surface area contributed by atoms with Gasteiger partial charge in [-0.2, -0.15) is 0 Å². The van der Waals surface area contributed by atoms with Crippen LogP contribution in [0.1, 0.15) is 42.5 Å². The van der Waals surface area contributed by atoms with E-state index in [2.05, 4.69) is 22.4 Å². The zero-order valence-electron chi connectivity index (χ0n) is 16.1. The molecule has 1 amide bonds. The van der Waals surface area contributed by atoms with Gasteiger partial charge in [0.2, 0.25) is 5.91 Å². The Morgan fingerprint density at radius 2 is 2.18 bits per heavy atom. The van der Waals surface area contributed by atoms with Crippen LogP contribution in [0.2, 0.25) is 0 Å². The van der Waals surface area contributed by atoms with Gasteiger partial charge in [0.15, 0.2) is 0 Å². The molecule has 4 rings (SSSR count). The van der Waals surface area contributed by atoms with Crippen LogP contribution in [-0.4, -0.2) is 37.7 Å². The summed E-state index contributed by atoms with van der Waals surface area (Å²) < 4.78 is 1.98. The smallest absolute Gasteiger partial charge is 0.226 e. The summed E-state index contributed by atoms with van der Waals surface area (Å²) in [5.41, 5.74) is 3.89. The molecule has 0 spiro atoms. The lowest BCUT2D eigenvalue weighted by molar-refractivity contribution is -0.122. The molecule has 6 nitrogen and oxygen atoms in total. The summed E-state index contributed by atoms with van der Waals surface area (Å²) in [5, 5.41) is 14.2. The summed E-state index contributed by atoms with van der Waals surface area (Å²) >= 11 is 0. The van der Waals surface area contributed by atoms with Crippen molar-refractivity contribution in [2.75, 3.05) is 0 Å². The topological polar surface area (TPSA) is 80.0 Å². The number of carbonyl (C=O) groups is 1. The Morgan fingerprint density at radius 1 is 1.32 bits per heavy atom. The first-order valence-electron chi connectivity index (χ1n) is 9.90. The Kier molecular flexibility index (Phi) is 5.39. The van der Waals surface area contributed by atoms with Gasteiger partial charge in [-0.05, 0) is 48.6 Å². The van der Waals surface area contributed by atoms with E-state index in [9.17, 15) is 9.90 Å². The molecule has 2 N–H and O–H groups in total. The third-order valence-electron chi connectivity index (χ3n) is 5.51. The summed E-state index contributed by atoms with van der Waals surface area (Å²) in [6.07, 6.45) is 9.81. The number of amides is 1. The minimum Gasteiger partial charge on any atom is -0.391 e. The van der Waals surface area contributed by atoms with Gasteiger partial charge in [-0.3, -0.25) is 9.78 Å². The number of aliphatic hydroxyl groups excluding tert-OH is 1. The third-order valence-corrected chi connectivity index (χ3v) is 5.51. The van der Waals surface area contributed by atoms with Crippen LogP contribution in [0.5, 0.6) is 0 Å². The minimum atomic E-state index is -0.442. The van der Waals surface area contributed by atoms with Crippen LogP contribution in [0.25, 0.3) is 11.0 Å². The lowest BCUT2D eigenvalue weighted by Crippen LogP contribution is -2.45. The monoisotopic (exact) mass is 378 g/mol. The van der Waals surface area contributed by atoms with E-state index in [4.69, 9.17) is 4.98 Å². The largest absolute Gasteiger partial charge is 0.391 e. The molecule has 1 aliphatic carbocycles.